The minimum atomic E-state index is 0.385. The van der Waals surface area contributed by atoms with Crippen molar-refractivity contribution in [3.63, 3.8) is 0 Å². The molecule has 3 nitrogen and oxygen atoms in total. The van der Waals surface area contributed by atoms with Crippen molar-refractivity contribution < 1.29 is 0 Å². The van der Waals surface area contributed by atoms with E-state index in [2.05, 4.69) is 40.7 Å². The van der Waals surface area contributed by atoms with Gasteiger partial charge in [-0.2, -0.15) is 0 Å². The molecule has 3 heteroatoms. The third-order valence-corrected chi connectivity index (χ3v) is 4.56. The van der Waals surface area contributed by atoms with Gasteiger partial charge in [-0.1, -0.05) is 42.7 Å². The monoisotopic (exact) mass is 269 g/mol. The van der Waals surface area contributed by atoms with Crippen LogP contribution in [0.2, 0.25) is 0 Å². The Morgan fingerprint density at radius 1 is 1.25 bits per heavy atom. The summed E-state index contributed by atoms with van der Waals surface area (Å²) in [6.45, 7) is 2.81. The van der Waals surface area contributed by atoms with Crippen molar-refractivity contribution in [1.29, 1.82) is 0 Å². The van der Waals surface area contributed by atoms with E-state index >= 15 is 0 Å². The average molecular weight is 269 g/mol. The maximum Gasteiger partial charge on any atom is 0.0954 e. The summed E-state index contributed by atoms with van der Waals surface area (Å²) in [6.07, 6.45) is 9.19. The molecule has 1 aliphatic carbocycles. The van der Waals surface area contributed by atoms with Gasteiger partial charge in [0.05, 0.1) is 24.3 Å². The molecule has 0 saturated heterocycles. The largest absolute Gasteiger partial charge is 0.328 e. The Balaban J connectivity index is 1.94. The van der Waals surface area contributed by atoms with E-state index in [1.54, 1.807) is 0 Å². The average Bonchev–Trinajstić information content (AvgIpc) is 3.13. The van der Waals surface area contributed by atoms with E-state index in [4.69, 9.17) is 5.73 Å². The minimum absolute atomic E-state index is 0.385. The van der Waals surface area contributed by atoms with Crippen molar-refractivity contribution >= 4 is 0 Å². The third kappa shape index (κ3) is 2.50. The Labute approximate surface area is 120 Å². The molecule has 20 heavy (non-hydrogen) atoms. The molecule has 1 aromatic carbocycles. The van der Waals surface area contributed by atoms with Gasteiger partial charge in [0.25, 0.3) is 0 Å². The number of rotatable bonds is 4. The molecule has 0 amide bonds. The molecule has 0 radical (unpaired) electrons. The van der Waals surface area contributed by atoms with Crippen LogP contribution in [0, 0.1) is 12.8 Å². The second-order valence-electron chi connectivity index (χ2n) is 5.90. The highest BCUT2D eigenvalue weighted by molar-refractivity contribution is 5.59. The Hall–Kier alpha value is -1.61. The van der Waals surface area contributed by atoms with Crippen LogP contribution in [-0.4, -0.2) is 16.1 Å². The number of hydrogen-bond acceptors (Lipinski definition) is 2. The van der Waals surface area contributed by atoms with Crippen LogP contribution in [0.3, 0.4) is 0 Å². The van der Waals surface area contributed by atoms with Crippen molar-refractivity contribution in [3.8, 4) is 11.3 Å². The topological polar surface area (TPSA) is 43.8 Å². The van der Waals surface area contributed by atoms with Gasteiger partial charge in [-0.3, -0.25) is 0 Å². The quantitative estimate of drug-likeness (QED) is 0.922. The Bertz CT molecular complexity index is 550. The molecular weight excluding hydrogens is 246 g/mol. The molecule has 3 rings (SSSR count). The molecule has 2 aromatic rings. The zero-order chi connectivity index (χ0) is 13.9. The van der Waals surface area contributed by atoms with Crippen LogP contribution in [0.15, 0.2) is 36.8 Å². The zero-order valence-electron chi connectivity index (χ0n) is 12.1. The van der Waals surface area contributed by atoms with Crippen LogP contribution in [-0.2, 0) is 0 Å². The first-order valence-corrected chi connectivity index (χ1v) is 7.58. The van der Waals surface area contributed by atoms with Crippen molar-refractivity contribution in [3.05, 3.63) is 42.4 Å². The van der Waals surface area contributed by atoms with E-state index in [-0.39, 0.29) is 0 Å². The Morgan fingerprint density at radius 3 is 2.60 bits per heavy atom. The van der Waals surface area contributed by atoms with Crippen molar-refractivity contribution in [2.75, 3.05) is 6.54 Å². The lowest BCUT2D eigenvalue weighted by Gasteiger charge is -2.25. The van der Waals surface area contributed by atoms with Gasteiger partial charge in [-0.25, -0.2) is 4.98 Å². The summed E-state index contributed by atoms with van der Waals surface area (Å²) in [5, 5.41) is 0. The van der Waals surface area contributed by atoms with Gasteiger partial charge in [-0.05, 0) is 31.2 Å². The van der Waals surface area contributed by atoms with Crippen molar-refractivity contribution in [2.24, 2.45) is 11.7 Å². The van der Waals surface area contributed by atoms with Crippen LogP contribution >= 0.6 is 0 Å². The summed E-state index contributed by atoms with van der Waals surface area (Å²) in [7, 11) is 0. The molecule has 1 aromatic heterocycles. The van der Waals surface area contributed by atoms with E-state index in [0.29, 0.717) is 18.5 Å². The first-order valence-electron chi connectivity index (χ1n) is 7.58. The molecule has 1 heterocycles. The van der Waals surface area contributed by atoms with Crippen LogP contribution in [0.25, 0.3) is 11.3 Å². The summed E-state index contributed by atoms with van der Waals surface area (Å²) in [5.41, 5.74) is 9.76. The maximum absolute atomic E-state index is 6.07. The third-order valence-electron chi connectivity index (χ3n) is 4.56. The van der Waals surface area contributed by atoms with Gasteiger partial charge < -0.3 is 10.3 Å². The SMILES string of the molecule is Cc1ccc(-c2cncn2C(CN)C2CCCC2)cc1. The fourth-order valence-electron chi connectivity index (χ4n) is 3.39. The zero-order valence-corrected chi connectivity index (χ0v) is 12.1. The van der Waals surface area contributed by atoms with Gasteiger partial charge in [0.2, 0.25) is 0 Å². The predicted octanol–water partition coefficient (Wildman–Crippen LogP) is 3.55. The molecule has 2 N–H and O–H groups in total. The lowest BCUT2D eigenvalue weighted by molar-refractivity contribution is 0.344. The van der Waals surface area contributed by atoms with E-state index < -0.39 is 0 Å². The molecule has 0 bridgehead atoms. The summed E-state index contributed by atoms with van der Waals surface area (Å²) in [6, 6.07) is 9.03. The molecule has 106 valence electrons. The molecule has 1 fully saturated rings. The molecule has 0 aliphatic heterocycles. The molecule has 1 aliphatic rings. The lowest BCUT2D eigenvalue weighted by atomic mass is 9.97. The van der Waals surface area contributed by atoms with Crippen LogP contribution in [0.5, 0.6) is 0 Å². The fraction of sp³-hybridized carbons (Fsp3) is 0.471. The van der Waals surface area contributed by atoms with E-state index in [1.165, 1.54) is 42.5 Å². The number of nitrogens with zero attached hydrogens (tertiary/aromatic N) is 2. The standard InChI is InChI=1S/C17H23N3/c1-13-6-8-15(9-7-13)17-11-19-12-20(17)16(10-18)14-4-2-3-5-14/h6-9,11-12,14,16H,2-5,10,18H2,1H3. The smallest absolute Gasteiger partial charge is 0.0954 e. The number of nitrogens with two attached hydrogens (primary N) is 1. The first kappa shape index (κ1) is 13.4. The second kappa shape index (κ2) is 5.80. The maximum atomic E-state index is 6.07. The van der Waals surface area contributed by atoms with E-state index in [1.807, 2.05) is 12.5 Å². The highest BCUT2D eigenvalue weighted by atomic mass is 15.1. The van der Waals surface area contributed by atoms with Crippen molar-refractivity contribution in [1.82, 2.24) is 9.55 Å². The molecular formula is C17H23N3. The molecule has 1 atom stereocenters. The van der Waals surface area contributed by atoms with Crippen LogP contribution < -0.4 is 5.73 Å². The predicted molar refractivity (Wildman–Crippen MR) is 82.4 cm³/mol. The van der Waals surface area contributed by atoms with Gasteiger partial charge >= 0.3 is 0 Å². The summed E-state index contributed by atoms with van der Waals surface area (Å²) >= 11 is 0. The lowest BCUT2D eigenvalue weighted by Crippen LogP contribution is -2.25. The Kier molecular flexibility index (Phi) is 3.88. The fourth-order valence-corrected chi connectivity index (χ4v) is 3.39. The number of aryl methyl sites for hydroxylation is 1. The number of hydrogen-bond donors (Lipinski definition) is 1. The Morgan fingerprint density at radius 2 is 1.95 bits per heavy atom. The molecule has 0 spiro atoms. The highest BCUT2D eigenvalue weighted by Crippen LogP contribution is 2.36. The number of benzene rings is 1. The minimum Gasteiger partial charge on any atom is -0.328 e. The summed E-state index contributed by atoms with van der Waals surface area (Å²) in [4.78, 5) is 4.37. The van der Waals surface area contributed by atoms with Gasteiger partial charge in [-0.15, -0.1) is 0 Å². The van der Waals surface area contributed by atoms with Crippen LogP contribution in [0.1, 0.15) is 37.3 Å². The summed E-state index contributed by atoms with van der Waals surface area (Å²) < 4.78 is 2.29. The normalized spacial score (nSPS) is 17.5. The van der Waals surface area contributed by atoms with Crippen LogP contribution in [0.4, 0.5) is 0 Å². The van der Waals surface area contributed by atoms with Gasteiger partial charge in [0, 0.05) is 6.54 Å². The highest BCUT2D eigenvalue weighted by Gasteiger charge is 2.26. The molecule has 1 saturated carbocycles. The second-order valence-corrected chi connectivity index (χ2v) is 5.90. The summed E-state index contributed by atoms with van der Waals surface area (Å²) in [5.74, 6) is 0.707. The van der Waals surface area contributed by atoms with E-state index in [9.17, 15) is 0 Å². The first-order chi connectivity index (χ1) is 9.79. The van der Waals surface area contributed by atoms with E-state index in [0.717, 1.165) is 0 Å². The van der Waals surface area contributed by atoms with Gasteiger partial charge in [0.1, 0.15) is 0 Å². The molecule has 1 unspecified atom stereocenters. The number of aromatic nitrogens is 2. The van der Waals surface area contributed by atoms with Crippen molar-refractivity contribution in [2.45, 2.75) is 38.6 Å². The van der Waals surface area contributed by atoms with Gasteiger partial charge in [0.15, 0.2) is 0 Å². The number of imidazole rings is 1.